The second-order valence-electron chi connectivity index (χ2n) is 5.96. The first kappa shape index (κ1) is 22.5. The van der Waals surface area contributed by atoms with Crippen LogP contribution in [-0.4, -0.2) is 29.2 Å². The van der Waals surface area contributed by atoms with Crippen molar-refractivity contribution in [1.82, 2.24) is 10.3 Å². The minimum absolute atomic E-state index is 0.181. The molecular formula is C19H15Cl2N3O4S2. The number of hydrogen-bond acceptors (Lipinski definition) is 7. The average molecular weight is 484 g/mol. The number of benzene rings is 1. The Labute approximate surface area is 190 Å². The number of nitrogens with zero attached hydrogens (tertiary/aromatic N) is 2. The lowest BCUT2D eigenvalue weighted by atomic mass is 10.1. The van der Waals surface area contributed by atoms with Crippen LogP contribution in [0.5, 0.6) is 0 Å². The molecule has 1 unspecified atom stereocenters. The lowest BCUT2D eigenvalue weighted by molar-refractivity contribution is -0.387. The molecule has 1 atom stereocenters. The van der Waals surface area contributed by atoms with E-state index in [0.717, 1.165) is 28.7 Å². The highest BCUT2D eigenvalue weighted by Gasteiger charge is 2.26. The van der Waals surface area contributed by atoms with Gasteiger partial charge in [-0.3, -0.25) is 19.9 Å². The van der Waals surface area contributed by atoms with E-state index in [-0.39, 0.29) is 24.8 Å². The maximum absolute atomic E-state index is 12.7. The molecule has 0 radical (unpaired) electrons. The van der Waals surface area contributed by atoms with Gasteiger partial charge in [0.2, 0.25) is 0 Å². The van der Waals surface area contributed by atoms with Crippen molar-refractivity contribution in [2.75, 3.05) is 7.11 Å². The topological polar surface area (TPSA) is 94.4 Å². The number of methoxy groups -OCH3 is 1. The van der Waals surface area contributed by atoms with Gasteiger partial charge in [-0.05, 0) is 5.56 Å². The zero-order valence-corrected chi connectivity index (χ0v) is 18.6. The second-order valence-corrected chi connectivity index (χ2v) is 9.11. The number of hydrogen-bond donors (Lipinski definition) is 1. The third-order valence-corrected chi connectivity index (χ3v) is 7.20. The highest BCUT2D eigenvalue weighted by Crippen LogP contribution is 2.45. The fourth-order valence-electron chi connectivity index (χ4n) is 2.51. The Hall–Kier alpha value is -2.17. The van der Waals surface area contributed by atoms with Gasteiger partial charge in [-0.2, -0.15) is 0 Å². The molecule has 30 heavy (non-hydrogen) atoms. The van der Waals surface area contributed by atoms with Gasteiger partial charge in [0.1, 0.15) is 15.3 Å². The zero-order chi connectivity index (χ0) is 21.7. The van der Waals surface area contributed by atoms with Gasteiger partial charge in [-0.25, -0.2) is 0 Å². The van der Waals surface area contributed by atoms with Crippen molar-refractivity contribution in [3.8, 4) is 0 Å². The Bertz CT molecular complexity index is 1040. The molecule has 156 valence electrons. The smallest absolute Gasteiger partial charge is 0.294 e. The van der Waals surface area contributed by atoms with Gasteiger partial charge in [0.25, 0.3) is 11.6 Å². The highest BCUT2D eigenvalue weighted by atomic mass is 35.5. The van der Waals surface area contributed by atoms with E-state index in [1.54, 1.807) is 0 Å². The molecule has 0 fully saturated rings. The van der Waals surface area contributed by atoms with Crippen LogP contribution in [0.2, 0.25) is 10.0 Å². The van der Waals surface area contributed by atoms with Crippen LogP contribution in [0.1, 0.15) is 15.2 Å². The number of rotatable bonds is 8. The minimum atomic E-state index is -0.582. The summed E-state index contributed by atoms with van der Waals surface area (Å²) in [7, 11) is 1.49. The first-order chi connectivity index (χ1) is 14.4. The predicted octanol–water partition coefficient (Wildman–Crippen LogP) is 5.45. The third-order valence-electron chi connectivity index (χ3n) is 3.94. The van der Waals surface area contributed by atoms with E-state index in [0.29, 0.717) is 11.3 Å². The molecule has 0 aliphatic heterocycles. The summed E-state index contributed by atoms with van der Waals surface area (Å²) in [6, 6.07) is 10.8. The van der Waals surface area contributed by atoms with Crippen molar-refractivity contribution in [3.63, 3.8) is 0 Å². The standard InChI is InChI=1S/C19H15Cl2N3O4S2/c1-28-16(7-11-5-3-2-4-6-11)23-18(25)15-8-14(24(26)27)19(29-15)30-17-12(20)9-22-10-13(17)21/h2-6,8-10,16H,7H2,1H3,(H,23,25). The van der Waals surface area contributed by atoms with Gasteiger partial charge in [-0.1, -0.05) is 65.3 Å². The summed E-state index contributed by atoms with van der Waals surface area (Å²) >= 11 is 14.2. The van der Waals surface area contributed by atoms with Gasteiger partial charge < -0.3 is 10.1 Å². The van der Waals surface area contributed by atoms with Crippen LogP contribution in [0.4, 0.5) is 5.69 Å². The van der Waals surface area contributed by atoms with Crippen molar-refractivity contribution in [2.45, 2.75) is 21.8 Å². The van der Waals surface area contributed by atoms with E-state index in [1.807, 2.05) is 30.3 Å². The summed E-state index contributed by atoms with van der Waals surface area (Å²) < 4.78 is 5.64. The molecular weight excluding hydrogens is 469 g/mol. The predicted molar refractivity (Wildman–Crippen MR) is 118 cm³/mol. The summed E-state index contributed by atoms with van der Waals surface area (Å²) in [5.74, 6) is -0.468. The maximum atomic E-state index is 12.7. The monoisotopic (exact) mass is 483 g/mol. The number of pyridine rings is 1. The zero-order valence-electron chi connectivity index (χ0n) is 15.5. The fourth-order valence-corrected chi connectivity index (χ4v) is 5.27. The van der Waals surface area contributed by atoms with Crippen LogP contribution in [0.15, 0.2) is 57.9 Å². The van der Waals surface area contributed by atoms with Gasteiger partial charge in [0.15, 0.2) is 0 Å². The van der Waals surface area contributed by atoms with Gasteiger partial charge in [0.05, 0.1) is 19.9 Å². The number of carbonyl (C=O) groups is 1. The van der Waals surface area contributed by atoms with E-state index in [4.69, 9.17) is 27.9 Å². The summed E-state index contributed by atoms with van der Waals surface area (Å²) in [6.07, 6.45) is 2.67. The van der Waals surface area contributed by atoms with Gasteiger partial charge in [0, 0.05) is 32.0 Å². The molecule has 7 nitrogen and oxygen atoms in total. The summed E-state index contributed by atoms with van der Waals surface area (Å²) in [5, 5.41) is 14.8. The van der Waals surface area contributed by atoms with Crippen LogP contribution in [0, 0.1) is 10.1 Å². The molecule has 1 amide bonds. The summed E-state index contributed by atoms with van der Waals surface area (Å²) in [4.78, 5) is 28.1. The lowest BCUT2D eigenvalue weighted by Crippen LogP contribution is -2.37. The largest absolute Gasteiger partial charge is 0.361 e. The molecule has 2 aromatic heterocycles. The van der Waals surface area contributed by atoms with Crippen LogP contribution in [-0.2, 0) is 11.2 Å². The van der Waals surface area contributed by atoms with Crippen LogP contribution in [0.3, 0.4) is 0 Å². The van der Waals surface area contributed by atoms with E-state index >= 15 is 0 Å². The number of aromatic nitrogens is 1. The molecule has 11 heteroatoms. The van der Waals surface area contributed by atoms with Crippen LogP contribution >= 0.6 is 46.3 Å². The number of nitrogens with one attached hydrogen (secondary N) is 1. The Morgan fingerprint density at radius 2 is 1.97 bits per heavy atom. The van der Waals surface area contributed by atoms with Crippen LogP contribution in [0.25, 0.3) is 0 Å². The van der Waals surface area contributed by atoms with E-state index < -0.39 is 17.1 Å². The van der Waals surface area contributed by atoms with Crippen LogP contribution < -0.4 is 5.32 Å². The number of nitro groups is 1. The number of thiophene rings is 1. The summed E-state index contributed by atoms with van der Waals surface area (Å²) in [6.45, 7) is 0. The van der Waals surface area contributed by atoms with E-state index in [9.17, 15) is 14.9 Å². The van der Waals surface area contributed by atoms with Crippen molar-refractivity contribution in [1.29, 1.82) is 0 Å². The molecule has 0 aliphatic rings. The molecule has 1 aromatic carbocycles. The van der Waals surface area contributed by atoms with Crippen molar-refractivity contribution < 1.29 is 14.5 Å². The quantitative estimate of drug-likeness (QED) is 0.260. The molecule has 0 bridgehead atoms. The number of halogens is 2. The van der Waals surface area contributed by atoms with Crippen molar-refractivity contribution in [3.05, 3.63) is 79.4 Å². The van der Waals surface area contributed by atoms with Gasteiger partial charge in [-0.15, -0.1) is 11.3 Å². The first-order valence-corrected chi connectivity index (χ1v) is 10.9. The molecule has 2 heterocycles. The van der Waals surface area contributed by atoms with Gasteiger partial charge >= 0.3 is 0 Å². The normalized spacial score (nSPS) is 11.8. The Morgan fingerprint density at radius 3 is 2.57 bits per heavy atom. The Morgan fingerprint density at radius 1 is 1.30 bits per heavy atom. The highest BCUT2D eigenvalue weighted by molar-refractivity contribution is 8.01. The Kier molecular flexibility index (Phi) is 7.68. The Balaban J connectivity index is 1.81. The second kappa shape index (κ2) is 10.2. The molecule has 0 saturated carbocycles. The first-order valence-electron chi connectivity index (χ1n) is 8.51. The molecule has 1 N–H and O–H groups in total. The molecule has 3 rings (SSSR count). The minimum Gasteiger partial charge on any atom is -0.361 e. The lowest BCUT2D eigenvalue weighted by Gasteiger charge is -2.16. The molecule has 0 saturated heterocycles. The molecule has 0 aliphatic carbocycles. The van der Waals surface area contributed by atoms with E-state index in [1.165, 1.54) is 25.6 Å². The van der Waals surface area contributed by atoms with Crippen molar-refractivity contribution >= 4 is 57.9 Å². The number of carbonyl (C=O) groups excluding carboxylic acids is 1. The summed E-state index contributed by atoms with van der Waals surface area (Å²) in [5.41, 5.74) is 0.788. The average Bonchev–Trinajstić information content (AvgIpc) is 3.15. The third kappa shape index (κ3) is 5.50. The number of amides is 1. The maximum Gasteiger partial charge on any atom is 0.294 e. The molecule has 0 spiro atoms. The number of ether oxygens (including phenoxy) is 1. The SMILES string of the molecule is COC(Cc1ccccc1)NC(=O)c1cc([N+](=O)[O-])c(Sc2c(Cl)cncc2Cl)s1. The van der Waals surface area contributed by atoms with E-state index in [2.05, 4.69) is 10.3 Å². The fraction of sp³-hybridized carbons (Fsp3) is 0.158. The van der Waals surface area contributed by atoms with Crippen molar-refractivity contribution in [2.24, 2.45) is 0 Å². The molecule has 3 aromatic rings.